The Hall–Kier alpha value is -1.81. The van der Waals surface area contributed by atoms with Gasteiger partial charge >= 0.3 is 0 Å². The summed E-state index contributed by atoms with van der Waals surface area (Å²) >= 11 is 0. The van der Waals surface area contributed by atoms with Gasteiger partial charge in [-0.15, -0.1) is 0 Å². The molecule has 0 saturated heterocycles. The van der Waals surface area contributed by atoms with Crippen LogP contribution < -0.4 is 10.1 Å². The third kappa shape index (κ3) is 2.85. The fourth-order valence-electron chi connectivity index (χ4n) is 1.47. The highest BCUT2D eigenvalue weighted by Gasteiger charge is 2.04. The van der Waals surface area contributed by atoms with Gasteiger partial charge in [-0.25, -0.2) is 4.68 Å². The van der Waals surface area contributed by atoms with Crippen molar-refractivity contribution >= 4 is 0 Å². The molecule has 0 spiro atoms. The number of aryl methyl sites for hydroxylation is 1. The lowest BCUT2D eigenvalue weighted by Crippen LogP contribution is -2.27. The summed E-state index contributed by atoms with van der Waals surface area (Å²) in [4.78, 5) is 0. The molecule has 0 fully saturated rings. The predicted octanol–water partition coefficient (Wildman–Crippen LogP) is 2.12. The highest BCUT2D eigenvalue weighted by atomic mass is 16.5. The number of nitrogens with zero attached hydrogens (tertiary/aromatic N) is 2. The van der Waals surface area contributed by atoms with Crippen molar-refractivity contribution in [2.45, 2.75) is 20.1 Å². The number of aromatic nitrogens is 2. The van der Waals surface area contributed by atoms with Crippen LogP contribution in [0, 0.1) is 6.92 Å². The summed E-state index contributed by atoms with van der Waals surface area (Å²) in [5.74, 6) is 0.757. The Morgan fingerprint density at radius 1 is 1.29 bits per heavy atom. The monoisotopic (exact) mass is 231 g/mol. The summed E-state index contributed by atoms with van der Waals surface area (Å²) in [6.45, 7) is 4.01. The standard InChI is InChI=1S/C13H17N3O/c1-10-4-6-12(7-5-10)16-9-13(8-15-16)17-11(2)14-3/h4-9,11,14H,1-3H3. The van der Waals surface area contributed by atoms with E-state index in [0.29, 0.717) is 0 Å². The van der Waals surface area contributed by atoms with Gasteiger partial charge < -0.3 is 4.74 Å². The molecule has 1 aromatic carbocycles. The number of nitrogens with one attached hydrogen (secondary N) is 1. The van der Waals surface area contributed by atoms with Gasteiger partial charge in [0.2, 0.25) is 0 Å². The largest absolute Gasteiger partial charge is 0.472 e. The molecule has 4 nitrogen and oxygen atoms in total. The summed E-state index contributed by atoms with van der Waals surface area (Å²) in [7, 11) is 1.86. The van der Waals surface area contributed by atoms with Gasteiger partial charge in [-0.05, 0) is 33.0 Å². The van der Waals surface area contributed by atoms with Crippen LogP contribution in [0.4, 0.5) is 0 Å². The molecule has 4 heteroatoms. The van der Waals surface area contributed by atoms with Crippen molar-refractivity contribution in [1.29, 1.82) is 0 Å². The third-order valence-electron chi connectivity index (χ3n) is 2.58. The zero-order valence-corrected chi connectivity index (χ0v) is 10.3. The molecule has 0 bridgehead atoms. The van der Waals surface area contributed by atoms with Gasteiger partial charge in [0.25, 0.3) is 0 Å². The van der Waals surface area contributed by atoms with Gasteiger partial charge in [0.15, 0.2) is 5.75 Å². The molecular formula is C13H17N3O. The molecule has 1 atom stereocenters. The Kier molecular flexibility index (Phi) is 3.44. The van der Waals surface area contributed by atoms with Crippen LogP contribution in [0.25, 0.3) is 5.69 Å². The summed E-state index contributed by atoms with van der Waals surface area (Å²) in [6, 6.07) is 8.20. The van der Waals surface area contributed by atoms with Gasteiger partial charge in [0.1, 0.15) is 6.23 Å². The maximum Gasteiger partial charge on any atom is 0.160 e. The van der Waals surface area contributed by atoms with Crippen molar-refractivity contribution < 1.29 is 4.74 Å². The maximum absolute atomic E-state index is 5.59. The number of rotatable bonds is 4. The smallest absolute Gasteiger partial charge is 0.160 e. The average molecular weight is 231 g/mol. The summed E-state index contributed by atoms with van der Waals surface area (Å²) in [5.41, 5.74) is 2.27. The molecule has 0 amide bonds. The molecule has 1 heterocycles. The summed E-state index contributed by atoms with van der Waals surface area (Å²) in [5, 5.41) is 7.28. The van der Waals surface area contributed by atoms with Crippen LogP contribution in [-0.4, -0.2) is 23.1 Å². The Labute approximate surface area is 101 Å². The first kappa shape index (κ1) is 11.7. The van der Waals surface area contributed by atoms with E-state index in [-0.39, 0.29) is 6.23 Å². The minimum atomic E-state index is -0.0225. The molecule has 0 saturated carbocycles. The van der Waals surface area contributed by atoms with Crippen molar-refractivity contribution in [3.8, 4) is 11.4 Å². The Bertz CT molecular complexity index is 476. The molecule has 0 aliphatic carbocycles. The van der Waals surface area contributed by atoms with Gasteiger partial charge in [-0.1, -0.05) is 17.7 Å². The van der Waals surface area contributed by atoms with Crippen LogP contribution >= 0.6 is 0 Å². The van der Waals surface area contributed by atoms with Crippen molar-refractivity contribution in [3.63, 3.8) is 0 Å². The van der Waals surface area contributed by atoms with Crippen LogP contribution in [-0.2, 0) is 0 Å². The van der Waals surface area contributed by atoms with E-state index < -0.39 is 0 Å². The van der Waals surface area contributed by atoms with Gasteiger partial charge in [-0.2, -0.15) is 5.10 Å². The predicted molar refractivity (Wildman–Crippen MR) is 67.5 cm³/mol. The van der Waals surface area contributed by atoms with E-state index in [1.807, 2.05) is 32.3 Å². The number of ether oxygens (including phenoxy) is 1. The van der Waals surface area contributed by atoms with Crippen molar-refractivity contribution in [1.82, 2.24) is 15.1 Å². The lowest BCUT2D eigenvalue weighted by atomic mass is 10.2. The molecule has 1 aromatic heterocycles. The van der Waals surface area contributed by atoms with Crippen LogP contribution in [0.3, 0.4) is 0 Å². The first-order valence-electron chi connectivity index (χ1n) is 5.64. The highest BCUT2D eigenvalue weighted by Crippen LogP contribution is 2.14. The normalized spacial score (nSPS) is 12.4. The maximum atomic E-state index is 5.59. The molecule has 0 aliphatic heterocycles. The average Bonchev–Trinajstić information content (AvgIpc) is 2.78. The Morgan fingerprint density at radius 2 is 2.00 bits per heavy atom. The fraction of sp³-hybridized carbons (Fsp3) is 0.308. The molecule has 17 heavy (non-hydrogen) atoms. The Morgan fingerprint density at radius 3 is 2.65 bits per heavy atom. The fourth-order valence-corrected chi connectivity index (χ4v) is 1.47. The number of hydrogen-bond donors (Lipinski definition) is 1. The van der Waals surface area contributed by atoms with Gasteiger partial charge in [0.05, 0.1) is 18.1 Å². The second-order valence-corrected chi connectivity index (χ2v) is 4.00. The molecule has 1 unspecified atom stereocenters. The summed E-state index contributed by atoms with van der Waals surface area (Å²) in [6.07, 6.45) is 3.57. The van der Waals surface area contributed by atoms with Crippen LogP contribution in [0.5, 0.6) is 5.75 Å². The van der Waals surface area contributed by atoms with E-state index in [1.54, 1.807) is 10.9 Å². The second-order valence-electron chi connectivity index (χ2n) is 4.00. The lowest BCUT2D eigenvalue weighted by molar-refractivity contribution is 0.193. The van der Waals surface area contributed by atoms with Gasteiger partial charge in [0, 0.05) is 0 Å². The molecule has 2 rings (SSSR count). The molecular weight excluding hydrogens is 214 g/mol. The summed E-state index contributed by atoms with van der Waals surface area (Å²) < 4.78 is 7.40. The molecule has 0 aliphatic rings. The Balaban J connectivity index is 2.15. The molecule has 1 N–H and O–H groups in total. The van der Waals surface area contributed by atoms with Crippen molar-refractivity contribution in [3.05, 3.63) is 42.2 Å². The van der Waals surface area contributed by atoms with Crippen LogP contribution in [0.2, 0.25) is 0 Å². The number of benzene rings is 1. The molecule has 90 valence electrons. The van der Waals surface area contributed by atoms with Crippen molar-refractivity contribution in [2.75, 3.05) is 7.05 Å². The van der Waals surface area contributed by atoms with Crippen LogP contribution in [0.1, 0.15) is 12.5 Å². The third-order valence-corrected chi connectivity index (χ3v) is 2.58. The minimum Gasteiger partial charge on any atom is -0.472 e. The first-order chi connectivity index (χ1) is 8.19. The molecule has 0 radical (unpaired) electrons. The highest BCUT2D eigenvalue weighted by molar-refractivity contribution is 5.34. The van der Waals surface area contributed by atoms with Crippen molar-refractivity contribution in [2.24, 2.45) is 0 Å². The molecule has 2 aromatic rings. The van der Waals surface area contributed by atoms with E-state index in [1.165, 1.54) is 5.56 Å². The van der Waals surface area contributed by atoms with E-state index in [2.05, 4.69) is 29.5 Å². The minimum absolute atomic E-state index is 0.0225. The number of hydrogen-bond acceptors (Lipinski definition) is 3. The zero-order chi connectivity index (χ0) is 12.3. The topological polar surface area (TPSA) is 39.1 Å². The quantitative estimate of drug-likeness (QED) is 0.819. The van der Waals surface area contributed by atoms with E-state index in [9.17, 15) is 0 Å². The first-order valence-corrected chi connectivity index (χ1v) is 5.64. The van der Waals surface area contributed by atoms with E-state index in [4.69, 9.17) is 4.74 Å². The zero-order valence-electron chi connectivity index (χ0n) is 10.3. The van der Waals surface area contributed by atoms with E-state index in [0.717, 1.165) is 11.4 Å². The van der Waals surface area contributed by atoms with Gasteiger partial charge in [-0.3, -0.25) is 5.32 Å². The SMILES string of the molecule is CNC(C)Oc1cnn(-c2ccc(C)cc2)c1. The second kappa shape index (κ2) is 5.01. The van der Waals surface area contributed by atoms with Crippen LogP contribution in [0.15, 0.2) is 36.7 Å². The lowest BCUT2D eigenvalue weighted by Gasteiger charge is -2.10. The van der Waals surface area contributed by atoms with E-state index >= 15 is 0 Å².